The molecule has 6 nitrogen and oxygen atoms in total. The number of hydrogen-bond acceptors (Lipinski definition) is 4. The van der Waals surface area contributed by atoms with Gasteiger partial charge in [0.15, 0.2) is 11.5 Å². The Balaban J connectivity index is 1.48. The van der Waals surface area contributed by atoms with E-state index in [9.17, 15) is 9.59 Å². The molecule has 6 heteroatoms. The number of para-hydroxylation sites is 1. The molecule has 27 heavy (non-hydrogen) atoms. The highest BCUT2D eigenvalue weighted by Gasteiger charge is 2.22. The molecule has 1 aliphatic rings. The van der Waals surface area contributed by atoms with Crippen LogP contribution in [0.25, 0.3) is 10.9 Å². The first-order valence-corrected chi connectivity index (χ1v) is 8.92. The number of benzene rings is 2. The highest BCUT2D eigenvalue weighted by Crippen LogP contribution is 2.30. The molecule has 1 amide bonds. The van der Waals surface area contributed by atoms with Crippen LogP contribution >= 0.6 is 0 Å². The van der Waals surface area contributed by atoms with Crippen molar-refractivity contribution in [1.29, 1.82) is 0 Å². The number of amides is 1. The van der Waals surface area contributed by atoms with Crippen molar-refractivity contribution >= 4 is 22.6 Å². The van der Waals surface area contributed by atoms with Crippen LogP contribution < -0.4 is 14.8 Å². The number of carbonyl (C=O) groups excluding carboxylic acids is 2. The number of fused-ring (bicyclic) bond motifs is 2. The molecule has 0 fully saturated rings. The molecule has 0 radical (unpaired) electrons. The molecule has 2 N–H and O–H groups in total. The van der Waals surface area contributed by atoms with Crippen molar-refractivity contribution in [2.24, 2.45) is 0 Å². The third kappa shape index (κ3) is 3.38. The Morgan fingerprint density at radius 1 is 1.07 bits per heavy atom. The minimum Gasteiger partial charge on any atom is -0.490 e. The van der Waals surface area contributed by atoms with Crippen molar-refractivity contribution in [2.75, 3.05) is 13.2 Å². The summed E-state index contributed by atoms with van der Waals surface area (Å²) >= 11 is 0. The number of rotatable bonds is 4. The SMILES string of the molecule is Cc1[nH]c2ccccc2c1C(=O)C(=O)NCc1ccc2c(c1)OCCCO2. The van der Waals surface area contributed by atoms with Gasteiger partial charge in [-0.3, -0.25) is 9.59 Å². The van der Waals surface area contributed by atoms with Crippen LogP contribution in [-0.4, -0.2) is 29.9 Å². The van der Waals surface area contributed by atoms with Gasteiger partial charge in [0, 0.05) is 29.6 Å². The fourth-order valence-corrected chi connectivity index (χ4v) is 3.26. The largest absolute Gasteiger partial charge is 0.490 e. The first kappa shape index (κ1) is 17.1. The van der Waals surface area contributed by atoms with Crippen LogP contribution in [0.4, 0.5) is 0 Å². The number of ether oxygens (including phenoxy) is 2. The van der Waals surface area contributed by atoms with Crippen molar-refractivity contribution < 1.29 is 19.1 Å². The molecule has 2 heterocycles. The van der Waals surface area contributed by atoms with Gasteiger partial charge in [-0.05, 0) is 30.7 Å². The smallest absolute Gasteiger partial charge is 0.292 e. The third-order valence-electron chi connectivity index (χ3n) is 4.59. The van der Waals surface area contributed by atoms with E-state index in [1.54, 1.807) is 6.92 Å². The van der Waals surface area contributed by atoms with Gasteiger partial charge in [-0.2, -0.15) is 0 Å². The average molecular weight is 364 g/mol. The number of aryl methyl sites for hydroxylation is 1. The molecule has 0 atom stereocenters. The number of H-pyrrole nitrogens is 1. The van der Waals surface area contributed by atoms with E-state index in [0.717, 1.165) is 22.9 Å². The third-order valence-corrected chi connectivity index (χ3v) is 4.59. The summed E-state index contributed by atoms with van der Waals surface area (Å²) in [6, 6.07) is 13.0. The lowest BCUT2D eigenvalue weighted by atomic mass is 10.1. The van der Waals surface area contributed by atoms with Gasteiger partial charge in [-0.15, -0.1) is 0 Å². The maximum atomic E-state index is 12.7. The summed E-state index contributed by atoms with van der Waals surface area (Å²) in [5, 5.41) is 3.46. The fraction of sp³-hybridized carbons (Fsp3) is 0.238. The second kappa shape index (κ2) is 7.15. The topological polar surface area (TPSA) is 80.4 Å². The van der Waals surface area contributed by atoms with Gasteiger partial charge in [0.2, 0.25) is 0 Å². The molecule has 1 aromatic heterocycles. The Hall–Kier alpha value is -3.28. The predicted molar refractivity (Wildman–Crippen MR) is 101 cm³/mol. The Labute approximate surface area is 156 Å². The van der Waals surface area contributed by atoms with Crippen LogP contribution in [0.1, 0.15) is 28.0 Å². The summed E-state index contributed by atoms with van der Waals surface area (Å²) in [4.78, 5) is 28.2. The molecular weight excluding hydrogens is 344 g/mol. The van der Waals surface area contributed by atoms with Gasteiger partial charge in [0.25, 0.3) is 11.7 Å². The van der Waals surface area contributed by atoms with Crippen LogP contribution in [0, 0.1) is 6.92 Å². The molecule has 0 aliphatic carbocycles. The minimum atomic E-state index is -0.630. The Morgan fingerprint density at radius 3 is 2.70 bits per heavy atom. The number of ketones is 1. The van der Waals surface area contributed by atoms with E-state index in [-0.39, 0.29) is 6.54 Å². The van der Waals surface area contributed by atoms with Crippen LogP contribution in [0.5, 0.6) is 11.5 Å². The summed E-state index contributed by atoms with van der Waals surface area (Å²) in [6.07, 6.45) is 0.833. The average Bonchev–Trinajstić information content (AvgIpc) is 2.85. The zero-order valence-electron chi connectivity index (χ0n) is 15.0. The first-order valence-electron chi connectivity index (χ1n) is 8.92. The van der Waals surface area contributed by atoms with Crippen molar-refractivity contribution in [3.05, 3.63) is 59.3 Å². The van der Waals surface area contributed by atoms with Crippen molar-refractivity contribution in [1.82, 2.24) is 10.3 Å². The van der Waals surface area contributed by atoms with E-state index in [0.29, 0.717) is 36.0 Å². The Bertz CT molecular complexity index is 1020. The van der Waals surface area contributed by atoms with Crippen LogP contribution in [0.15, 0.2) is 42.5 Å². The molecule has 0 spiro atoms. The Kier molecular flexibility index (Phi) is 4.54. The monoisotopic (exact) mass is 364 g/mol. The maximum absolute atomic E-state index is 12.7. The molecule has 0 saturated carbocycles. The van der Waals surface area contributed by atoms with Crippen LogP contribution in [0.2, 0.25) is 0 Å². The first-order chi connectivity index (χ1) is 13.1. The number of Topliss-reactive ketones (excluding diaryl/α,β-unsaturated/α-hetero) is 1. The molecule has 2 aromatic carbocycles. The van der Waals surface area contributed by atoms with Crippen molar-refractivity contribution in [3.8, 4) is 11.5 Å². The lowest BCUT2D eigenvalue weighted by Gasteiger charge is -2.10. The van der Waals surface area contributed by atoms with E-state index < -0.39 is 11.7 Å². The van der Waals surface area contributed by atoms with E-state index in [1.807, 2.05) is 42.5 Å². The van der Waals surface area contributed by atoms with Gasteiger partial charge in [-0.1, -0.05) is 24.3 Å². The van der Waals surface area contributed by atoms with Gasteiger partial charge in [0.1, 0.15) is 0 Å². The highest BCUT2D eigenvalue weighted by atomic mass is 16.5. The summed E-state index contributed by atoms with van der Waals surface area (Å²) in [7, 11) is 0. The summed E-state index contributed by atoms with van der Waals surface area (Å²) in [6.45, 7) is 3.26. The molecule has 3 aromatic rings. The molecule has 4 rings (SSSR count). The van der Waals surface area contributed by atoms with E-state index in [4.69, 9.17) is 9.47 Å². The minimum absolute atomic E-state index is 0.239. The second-order valence-electron chi connectivity index (χ2n) is 6.51. The number of hydrogen-bond donors (Lipinski definition) is 2. The zero-order valence-corrected chi connectivity index (χ0v) is 15.0. The zero-order chi connectivity index (χ0) is 18.8. The summed E-state index contributed by atoms with van der Waals surface area (Å²) in [5.74, 6) is 0.195. The van der Waals surface area contributed by atoms with Gasteiger partial charge in [-0.25, -0.2) is 0 Å². The van der Waals surface area contributed by atoms with Crippen LogP contribution in [0.3, 0.4) is 0 Å². The van der Waals surface area contributed by atoms with Gasteiger partial charge in [0.05, 0.1) is 18.8 Å². The van der Waals surface area contributed by atoms with Crippen molar-refractivity contribution in [3.63, 3.8) is 0 Å². The van der Waals surface area contributed by atoms with Gasteiger partial charge < -0.3 is 19.8 Å². The molecular formula is C21H20N2O4. The van der Waals surface area contributed by atoms with E-state index in [2.05, 4.69) is 10.3 Å². The highest BCUT2D eigenvalue weighted by molar-refractivity contribution is 6.45. The van der Waals surface area contributed by atoms with E-state index in [1.165, 1.54) is 0 Å². The second-order valence-corrected chi connectivity index (χ2v) is 6.51. The van der Waals surface area contributed by atoms with Crippen molar-refractivity contribution in [2.45, 2.75) is 19.9 Å². The van der Waals surface area contributed by atoms with Gasteiger partial charge >= 0.3 is 0 Å². The quantitative estimate of drug-likeness (QED) is 0.551. The maximum Gasteiger partial charge on any atom is 0.292 e. The fourth-order valence-electron chi connectivity index (χ4n) is 3.26. The standard InChI is InChI=1S/C21H20N2O4/c1-13-19(15-5-2-3-6-16(15)23-13)20(24)21(25)22-12-14-7-8-17-18(11-14)27-10-4-9-26-17/h2-3,5-8,11,23H,4,9-10,12H2,1H3,(H,22,25). The molecule has 1 aliphatic heterocycles. The summed E-state index contributed by atoms with van der Waals surface area (Å²) in [5.41, 5.74) is 2.79. The molecule has 0 bridgehead atoms. The summed E-state index contributed by atoms with van der Waals surface area (Å²) < 4.78 is 11.3. The lowest BCUT2D eigenvalue weighted by molar-refractivity contribution is -0.117. The lowest BCUT2D eigenvalue weighted by Crippen LogP contribution is -2.30. The molecule has 138 valence electrons. The number of aromatic nitrogens is 1. The number of nitrogens with one attached hydrogen (secondary N) is 2. The number of carbonyl (C=O) groups is 2. The van der Waals surface area contributed by atoms with Crippen LogP contribution in [-0.2, 0) is 11.3 Å². The predicted octanol–water partition coefficient (Wildman–Crippen LogP) is 3.14. The Morgan fingerprint density at radius 2 is 1.85 bits per heavy atom. The number of aromatic amines is 1. The van der Waals surface area contributed by atoms with E-state index >= 15 is 0 Å². The normalized spacial score (nSPS) is 13.2. The molecule has 0 saturated heterocycles. The molecule has 0 unspecified atom stereocenters.